The number of nitrogens with one attached hydrogen (secondary N) is 3. The van der Waals surface area contributed by atoms with Crippen LogP contribution in [0.3, 0.4) is 0 Å². The van der Waals surface area contributed by atoms with Gasteiger partial charge in [0.1, 0.15) is 24.5 Å². The first-order chi connectivity index (χ1) is 17.3. The number of unbranched alkanes of at least 4 members (excludes halogenated alkanes) is 1. The van der Waals surface area contributed by atoms with Gasteiger partial charge in [-0.3, -0.25) is 15.2 Å². The lowest BCUT2D eigenvalue weighted by atomic mass is 10.1. The normalized spacial score (nSPS) is 14.9. The molecule has 0 saturated carbocycles. The second kappa shape index (κ2) is 18.5. The fraction of sp³-hybridized carbons (Fsp3) is 0.577. The summed E-state index contributed by atoms with van der Waals surface area (Å²) in [5.41, 5.74) is 8.60. The van der Waals surface area contributed by atoms with Crippen LogP contribution in [0.25, 0.3) is 0 Å². The molecule has 0 atom stereocenters. The summed E-state index contributed by atoms with van der Waals surface area (Å²) in [6.45, 7) is 12.2. The van der Waals surface area contributed by atoms with E-state index in [1.54, 1.807) is 0 Å². The summed E-state index contributed by atoms with van der Waals surface area (Å²) in [5.74, 6) is 0.424. The fourth-order valence-electron chi connectivity index (χ4n) is 3.34. The molecular formula is C26H46N8O2. The van der Waals surface area contributed by atoms with Crippen LogP contribution in [-0.4, -0.2) is 101 Å². The number of nitrogens with zero attached hydrogens (tertiary/aromatic N) is 4. The SMILES string of the molecule is C=NC(=N)/C(N)=C(\NCOCCCC)NCc1ccc(CN2CCN(CC=O)CC2)cc1.CN(C)C. The first kappa shape index (κ1) is 31.2. The van der Waals surface area contributed by atoms with E-state index in [1.807, 2.05) is 26.0 Å². The molecule has 1 fully saturated rings. The van der Waals surface area contributed by atoms with Gasteiger partial charge in [0.2, 0.25) is 0 Å². The monoisotopic (exact) mass is 502 g/mol. The summed E-state index contributed by atoms with van der Waals surface area (Å²) in [4.78, 5) is 20.8. The largest absolute Gasteiger partial charge is 0.393 e. The van der Waals surface area contributed by atoms with Gasteiger partial charge < -0.3 is 30.8 Å². The van der Waals surface area contributed by atoms with E-state index >= 15 is 0 Å². The smallest absolute Gasteiger partial charge is 0.171 e. The number of carbonyl (C=O) groups excluding carboxylic acids is 1. The number of hydrogen-bond donors (Lipinski definition) is 4. The summed E-state index contributed by atoms with van der Waals surface area (Å²) in [7, 11) is 6.00. The van der Waals surface area contributed by atoms with E-state index in [0.29, 0.717) is 32.2 Å². The highest BCUT2D eigenvalue weighted by Crippen LogP contribution is 2.10. The Hall–Kier alpha value is -2.79. The molecule has 1 aliphatic rings. The van der Waals surface area contributed by atoms with Crippen molar-refractivity contribution in [3.8, 4) is 0 Å². The van der Waals surface area contributed by atoms with Crippen LogP contribution < -0.4 is 16.4 Å². The van der Waals surface area contributed by atoms with Gasteiger partial charge in [0, 0.05) is 45.9 Å². The molecule has 0 radical (unpaired) electrons. The van der Waals surface area contributed by atoms with Crippen molar-refractivity contribution >= 4 is 18.8 Å². The molecule has 0 amide bonds. The average molecular weight is 503 g/mol. The summed E-state index contributed by atoms with van der Waals surface area (Å²) in [6, 6.07) is 8.45. The molecule has 2 rings (SSSR count). The maximum Gasteiger partial charge on any atom is 0.171 e. The first-order valence-corrected chi connectivity index (χ1v) is 12.5. The van der Waals surface area contributed by atoms with E-state index in [0.717, 1.165) is 57.4 Å². The predicted octanol–water partition coefficient (Wildman–Crippen LogP) is 1.44. The van der Waals surface area contributed by atoms with Gasteiger partial charge in [-0.15, -0.1) is 0 Å². The van der Waals surface area contributed by atoms with Gasteiger partial charge >= 0.3 is 0 Å². The van der Waals surface area contributed by atoms with Crippen LogP contribution in [0.2, 0.25) is 0 Å². The van der Waals surface area contributed by atoms with Crippen molar-refractivity contribution in [1.29, 1.82) is 5.41 Å². The van der Waals surface area contributed by atoms with E-state index < -0.39 is 0 Å². The van der Waals surface area contributed by atoms with Crippen molar-refractivity contribution in [2.75, 3.05) is 67.2 Å². The van der Waals surface area contributed by atoms with Crippen LogP contribution in [0.5, 0.6) is 0 Å². The Kier molecular flexibility index (Phi) is 16.0. The van der Waals surface area contributed by atoms with Crippen molar-refractivity contribution in [2.24, 2.45) is 10.7 Å². The van der Waals surface area contributed by atoms with Crippen molar-refractivity contribution in [2.45, 2.75) is 32.9 Å². The van der Waals surface area contributed by atoms with Crippen molar-refractivity contribution in [3.05, 3.63) is 46.9 Å². The van der Waals surface area contributed by atoms with Crippen LogP contribution in [0.15, 0.2) is 40.8 Å². The van der Waals surface area contributed by atoms with Crippen molar-refractivity contribution < 1.29 is 9.53 Å². The number of hydrogen-bond acceptors (Lipinski definition) is 9. The molecule has 1 aromatic carbocycles. The Balaban J connectivity index is 0.00000150. The zero-order chi connectivity index (χ0) is 26.8. The van der Waals surface area contributed by atoms with E-state index in [1.165, 1.54) is 5.56 Å². The Morgan fingerprint density at radius 3 is 2.28 bits per heavy atom. The van der Waals surface area contributed by atoms with Gasteiger partial charge in [-0.05, 0) is 45.4 Å². The minimum absolute atomic E-state index is 0.0860. The third-order valence-electron chi connectivity index (χ3n) is 5.37. The number of ether oxygens (including phenoxy) is 1. The topological polar surface area (TPSA) is 122 Å². The third kappa shape index (κ3) is 13.3. The number of amidine groups is 1. The number of benzene rings is 1. The van der Waals surface area contributed by atoms with Crippen LogP contribution >= 0.6 is 0 Å². The number of piperazine rings is 1. The van der Waals surface area contributed by atoms with Crippen molar-refractivity contribution in [3.63, 3.8) is 0 Å². The number of nitrogens with two attached hydrogens (primary N) is 1. The Bertz CT molecular complexity index is 800. The highest BCUT2D eigenvalue weighted by atomic mass is 16.5. The molecule has 10 nitrogen and oxygen atoms in total. The quantitative estimate of drug-likeness (QED) is 0.0991. The highest BCUT2D eigenvalue weighted by molar-refractivity contribution is 5.98. The lowest BCUT2D eigenvalue weighted by molar-refractivity contribution is -0.109. The van der Waals surface area contributed by atoms with E-state index in [-0.39, 0.29) is 11.5 Å². The number of aldehydes is 1. The van der Waals surface area contributed by atoms with Crippen molar-refractivity contribution in [1.82, 2.24) is 25.3 Å². The summed E-state index contributed by atoms with van der Waals surface area (Å²) in [6.07, 6.45) is 3.04. The van der Waals surface area contributed by atoms with Gasteiger partial charge in [-0.2, -0.15) is 0 Å². The van der Waals surface area contributed by atoms with Gasteiger partial charge in [0.05, 0.1) is 6.54 Å². The summed E-state index contributed by atoms with van der Waals surface area (Å²) < 4.78 is 5.55. The summed E-state index contributed by atoms with van der Waals surface area (Å²) in [5, 5.41) is 14.2. The molecule has 1 aliphatic heterocycles. The van der Waals surface area contributed by atoms with Crippen LogP contribution in [0.1, 0.15) is 30.9 Å². The zero-order valence-corrected chi connectivity index (χ0v) is 22.6. The summed E-state index contributed by atoms with van der Waals surface area (Å²) >= 11 is 0. The molecule has 202 valence electrons. The molecule has 1 aromatic rings. The van der Waals surface area contributed by atoms with Gasteiger partial charge in [0.15, 0.2) is 5.84 Å². The second-order valence-electron chi connectivity index (χ2n) is 9.13. The minimum Gasteiger partial charge on any atom is -0.393 e. The maximum atomic E-state index is 10.7. The first-order valence-electron chi connectivity index (χ1n) is 12.5. The standard InChI is InChI=1S/C23H37N7O2.C3H9N/c1-3-4-15-32-18-28-23(21(24)22(25)26-2)27-16-19-5-7-20(8-6-19)17-30-11-9-29(10-12-30)13-14-31;1-4(2)3/h5-8,14,25,27-28H,2-4,9-13,15-18,24H2,1H3;1-3H3/b23-21+,25-22?;. The molecule has 1 heterocycles. The predicted molar refractivity (Wildman–Crippen MR) is 148 cm³/mol. The Morgan fingerprint density at radius 2 is 1.72 bits per heavy atom. The number of rotatable bonds is 14. The molecular weight excluding hydrogens is 456 g/mol. The third-order valence-corrected chi connectivity index (χ3v) is 5.37. The maximum absolute atomic E-state index is 10.7. The Labute approximate surface area is 217 Å². The Morgan fingerprint density at radius 1 is 1.14 bits per heavy atom. The van der Waals surface area contributed by atoms with E-state index in [9.17, 15) is 4.79 Å². The second-order valence-corrected chi connectivity index (χ2v) is 9.13. The van der Waals surface area contributed by atoms with Gasteiger partial charge in [-0.25, -0.2) is 4.99 Å². The molecule has 0 aromatic heterocycles. The number of aliphatic imine (C=N–C) groups is 1. The molecule has 0 aliphatic carbocycles. The molecule has 0 spiro atoms. The van der Waals surface area contributed by atoms with Crippen LogP contribution in [0.4, 0.5) is 0 Å². The number of carbonyl (C=O) groups is 1. The molecule has 0 bridgehead atoms. The van der Waals surface area contributed by atoms with Crippen LogP contribution in [-0.2, 0) is 22.6 Å². The lowest BCUT2D eigenvalue weighted by Gasteiger charge is -2.33. The van der Waals surface area contributed by atoms with Gasteiger partial charge in [-0.1, -0.05) is 37.6 Å². The van der Waals surface area contributed by atoms with Gasteiger partial charge in [0.25, 0.3) is 0 Å². The molecule has 36 heavy (non-hydrogen) atoms. The van der Waals surface area contributed by atoms with E-state index in [4.69, 9.17) is 15.9 Å². The zero-order valence-electron chi connectivity index (χ0n) is 22.6. The molecule has 5 N–H and O–H groups in total. The van der Waals surface area contributed by atoms with E-state index in [2.05, 4.69) is 63.3 Å². The molecule has 1 saturated heterocycles. The highest BCUT2D eigenvalue weighted by Gasteiger charge is 2.16. The van der Waals surface area contributed by atoms with Crippen LogP contribution in [0, 0.1) is 5.41 Å². The lowest BCUT2D eigenvalue weighted by Crippen LogP contribution is -2.46. The fourth-order valence-corrected chi connectivity index (χ4v) is 3.34. The minimum atomic E-state index is -0.0860. The average Bonchev–Trinajstić information content (AvgIpc) is 2.86. The molecule has 0 unspecified atom stereocenters. The molecule has 10 heteroatoms.